The SMILES string of the molecule is CC(C)N(CC(=O)O)C(=O)c1ccc(C2SCCS2)cc1. The summed E-state index contributed by atoms with van der Waals surface area (Å²) in [7, 11) is 0. The minimum Gasteiger partial charge on any atom is -0.480 e. The number of amides is 1. The molecule has 1 heterocycles. The smallest absolute Gasteiger partial charge is 0.323 e. The molecule has 1 aliphatic rings. The average molecular weight is 325 g/mol. The van der Waals surface area contributed by atoms with E-state index in [9.17, 15) is 9.59 Å². The number of carbonyl (C=O) groups is 2. The van der Waals surface area contributed by atoms with Gasteiger partial charge in [-0.15, -0.1) is 23.5 Å². The summed E-state index contributed by atoms with van der Waals surface area (Å²) in [5.74, 6) is 1.10. The number of hydrogen-bond donors (Lipinski definition) is 1. The Kier molecular flexibility index (Phi) is 5.58. The molecule has 1 saturated heterocycles. The Morgan fingerprint density at radius 1 is 1.24 bits per heavy atom. The molecule has 0 unspecified atom stereocenters. The third kappa shape index (κ3) is 4.17. The van der Waals surface area contributed by atoms with E-state index < -0.39 is 5.97 Å². The van der Waals surface area contributed by atoms with Crippen molar-refractivity contribution in [2.45, 2.75) is 24.5 Å². The van der Waals surface area contributed by atoms with Crippen molar-refractivity contribution in [3.63, 3.8) is 0 Å². The molecule has 0 aromatic heterocycles. The number of carbonyl (C=O) groups excluding carboxylic acids is 1. The first-order chi connectivity index (χ1) is 9.99. The van der Waals surface area contributed by atoms with Crippen molar-refractivity contribution in [2.75, 3.05) is 18.1 Å². The first-order valence-electron chi connectivity index (χ1n) is 6.85. The summed E-state index contributed by atoms with van der Waals surface area (Å²) in [5, 5.41) is 8.92. The number of hydrogen-bond acceptors (Lipinski definition) is 4. The maximum absolute atomic E-state index is 12.4. The van der Waals surface area contributed by atoms with E-state index in [1.165, 1.54) is 10.5 Å². The molecule has 2 rings (SSSR count). The second-order valence-electron chi connectivity index (χ2n) is 5.12. The van der Waals surface area contributed by atoms with Crippen LogP contribution in [-0.2, 0) is 4.79 Å². The molecule has 0 aliphatic carbocycles. The van der Waals surface area contributed by atoms with Crippen molar-refractivity contribution >= 4 is 35.4 Å². The number of aliphatic carboxylic acids is 1. The van der Waals surface area contributed by atoms with Gasteiger partial charge in [-0.1, -0.05) is 12.1 Å². The number of benzene rings is 1. The lowest BCUT2D eigenvalue weighted by Gasteiger charge is -2.25. The van der Waals surface area contributed by atoms with Crippen molar-refractivity contribution in [1.82, 2.24) is 4.90 Å². The van der Waals surface area contributed by atoms with Gasteiger partial charge in [0.2, 0.25) is 0 Å². The number of carboxylic acid groups (broad SMARTS) is 1. The van der Waals surface area contributed by atoms with Crippen molar-refractivity contribution < 1.29 is 14.7 Å². The summed E-state index contributed by atoms with van der Waals surface area (Å²) in [5.41, 5.74) is 1.76. The lowest BCUT2D eigenvalue weighted by molar-refractivity contribution is -0.138. The lowest BCUT2D eigenvalue weighted by Crippen LogP contribution is -2.40. The molecule has 4 nitrogen and oxygen atoms in total. The maximum Gasteiger partial charge on any atom is 0.323 e. The van der Waals surface area contributed by atoms with Gasteiger partial charge >= 0.3 is 5.97 Å². The second kappa shape index (κ2) is 7.22. The minimum absolute atomic E-state index is 0.144. The Balaban J connectivity index is 2.12. The molecular weight excluding hydrogens is 306 g/mol. The highest BCUT2D eigenvalue weighted by Crippen LogP contribution is 2.45. The van der Waals surface area contributed by atoms with E-state index in [4.69, 9.17) is 5.11 Å². The molecule has 0 atom stereocenters. The highest BCUT2D eigenvalue weighted by Gasteiger charge is 2.22. The second-order valence-corrected chi connectivity index (χ2v) is 7.84. The first-order valence-corrected chi connectivity index (χ1v) is 8.94. The molecule has 1 aromatic rings. The first kappa shape index (κ1) is 16.2. The zero-order valence-electron chi connectivity index (χ0n) is 12.1. The normalized spacial score (nSPS) is 15.4. The molecule has 1 N–H and O–H groups in total. The molecule has 1 aliphatic heterocycles. The zero-order chi connectivity index (χ0) is 15.4. The van der Waals surface area contributed by atoms with Crippen LogP contribution in [0.5, 0.6) is 0 Å². The summed E-state index contributed by atoms with van der Waals surface area (Å²) in [6.45, 7) is 3.37. The fourth-order valence-electron chi connectivity index (χ4n) is 2.13. The minimum atomic E-state index is -0.993. The zero-order valence-corrected chi connectivity index (χ0v) is 13.7. The van der Waals surface area contributed by atoms with Crippen LogP contribution < -0.4 is 0 Å². The number of carboxylic acids is 1. The molecule has 1 fully saturated rings. The predicted octanol–water partition coefficient (Wildman–Crippen LogP) is 3.10. The van der Waals surface area contributed by atoms with E-state index >= 15 is 0 Å². The summed E-state index contributed by atoms with van der Waals surface area (Å²) in [4.78, 5) is 24.7. The van der Waals surface area contributed by atoms with E-state index in [1.54, 1.807) is 12.1 Å². The van der Waals surface area contributed by atoms with E-state index in [0.717, 1.165) is 11.5 Å². The highest BCUT2D eigenvalue weighted by molar-refractivity contribution is 8.19. The molecular formula is C15H19NO3S2. The van der Waals surface area contributed by atoms with Crippen LogP contribution >= 0.6 is 23.5 Å². The van der Waals surface area contributed by atoms with Crippen molar-refractivity contribution in [3.05, 3.63) is 35.4 Å². The van der Waals surface area contributed by atoms with Gasteiger partial charge in [0, 0.05) is 23.1 Å². The monoisotopic (exact) mass is 325 g/mol. The Bertz CT molecular complexity index is 510. The largest absolute Gasteiger partial charge is 0.480 e. The molecule has 0 bridgehead atoms. The van der Waals surface area contributed by atoms with Crippen LogP contribution in [0.4, 0.5) is 0 Å². The number of rotatable bonds is 5. The Hall–Kier alpha value is -1.14. The molecule has 114 valence electrons. The van der Waals surface area contributed by atoms with Gasteiger partial charge in [0.05, 0.1) is 4.58 Å². The van der Waals surface area contributed by atoms with Crippen LogP contribution in [0.1, 0.15) is 34.4 Å². The number of thioether (sulfide) groups is 2. The Morgan fingerprint density at radius 2 is 1.81 bits per heavy atom. The molecule has 21 heavy (non-hydrogen) atoms. The van der Waals surface area contributed by atoms with Gasteiger partial charge in [0.25, 0.3) is 5.91 Å². The van der Waals surface area contributed by atoms with Crippen LogP contribution in [0.15, 0.2) is 24.3 Å². The van der Waals surface area contributed by atoms with E-state index in [0.29, 0.717) is 10.1 Å². The van der Waals surface area contributed by atoms with Gasteiger partial charge in [-0.2, -0.15) is 0 Å². The summed E-state index contributed by atoms with van der Waals surface area (Å²) >= 11 is 3.84. The third-order valence-corrected chi connectivity index (χ3v) is 6.35. The van der Waals surface area contributed by atoms with Gasteiger partial charge in [-0.25, -0.2) is 0 Å². The van der Waals surface area contributed by atoms with Gasteiger partial charge in [0.15, 0.2) is 0 Å². The summed E-state index contributed by atoms with van der Waals surface area (Å²) < 4.78 is 0.453. The topological polar surface area (TPSA) is 57.6 Å². The maximum atomic E-state index is 12.4. The van der Waals surface area contributed by atoms with Gasteiger partial charge in [0.1, 0.15) is 6.54 Å². The van der Waals surface area contributed by atoms with Crippen LogP contribution in [0.2, 0.25) is 0 Å². The molecule has 0 radical (unpaired) electrons. The molecule has 1 amide bonds. The molecule has 0 saturated carbocycles. The lowest BCUT2D eigenvalue weighted by atomic mass is 10.1. The standard InChI is InChI=1S/C15H19NO3S2/c1-10(2)16(9-13(17)18)14(19)11-3-5-12(6-4-11)15-20-7-8-21-15/h3-6,10,15H,7-9H2,1-2H3,(H,17,18). The van der Waals surface area contributed by atoms with Crippen molar-refractivity contribution in [2.24, 2.45) is 0 Å². The van der Waals surface area contributed by atoms with Crippen molar-refractivity contribution in [3.8, 4) is 0 Å². The van der Waals surface area contributed by atoms with Crippen molar-refractivity contribution in [1.29, 1.82) is 0 Å². The fourth-order valence-corrected chi connectivity index (χ4v) is 4.99. The molecule has 1 aromatic carbocycles. The van der Waals surface area contributed by atoms with Crippen LogP contribution in [0.3, 0.4) is 0 Å². The van der Waals surface area contributed by atoms with Gasteiger partial charge in [-0.3, -0.25) is 9.59 Å². The van der Waals surface area contributed by atoms with Gasteiger partial charge in [-0.05, 0) is 31.5 Å². The summed E-state index contributed by atoms with van der Waals surface area (Å²) in [6, 6.07) is 7.41. The van der Waals surface area contributed by atoms with Crippen LogP contribution in [0.25, 0.3) is 0 Å². The Labute approximate surface area is 133 Å². The van der Waals surface area contributed by atoms with Crippen LogP contribution in [0, 0.1) is 0 Å². The van der Waals surface area contributed by atoms with E-state index in [2.05, 4.69) is 0 Å². The van der Waals surface area contributed by atoms with Gasteiger partial charge < -0.3 is 10.0 Å². The Morgan fingerprint density at radius 3 is 2.29 bits per heavy atom. The fraction of sp³-hybridized carbons (Fsp3) is 0.467. The average Bonchev–Trinajstić information content (AvgIpc) is 2.98. The molecule has 0 spiro atoms. The quantitative estimate of drug-likeness (QED) is 0.901. The van der Waals surface area contributed by atoms with E-state index in [-0.39, 0.29) is 18.5 Å². The van der Waals surface area contributed by atoms with Crippen LogP contribution in [-0.4, -0.2) is 46.0 Å². The van der Waals surface area contributed by atoms with E-state index in [1.807, 2.05) is 49.5 Å². The summed E-state index contributed by atoms with van der Waals surface area (Å²) in [6.07, 6.45) is 0. The number of nitrogens with zero attached hydrogens (tertiary/aromatic N) is 1. The predicted molar refractivity (Wildman–Crippen MR) is 87.9 cm³/mol. The highest BCUT2D eigenvalue weighted by atomic mass is 32.2. The molecule has 6 heteroatoms. The third-order valence-electron chi connectivity index (χ3n) is 3.24.